The summed E-state index contributed by atoms with van der Waals surface area (Å²) in [5.41, 5.74) is 9.62. The van der Waals surface area contributed by atoms with Crippen molar-refractivity contribution in [2.24, 2.45) is 5.92 Å². The zero-order chi connectivity index (χ0) is 25.0. The predicted octanol–water partition coefficient (Wildman–Crippen LogP) is 5.20. The molecule has 1 aromatic heterocycles. The Labute approximate surface area is 209 Å². The molecule has 2 aromatic carbocycles. The summed E-state index contributed by atoms with van der Waals surface area (Å²) in [6.07, 6.45) is 6.61. The van der Waals surface area contributed by atoms with E-state index in [4.69, 9.17) is 11.6 Å². The van der Waals surface area contributed by atoms with Crippen molar-refractivity contribution in [3.05, 3.63) is 76.5 Å². The van der Waals surface area contributed by atoms with E-state index >= 15 is 0 Å². The Morgan fingerprint density at radius 3 is 2.77 bits per heavy atom. The standard InChI is InChI=1S/C26H25ClFN7/c1-14-8-22(14)32-24-16(11-29)12-30-26-20(24)9-18(10-21(26)27)31-25(15-2-4-17(28)5-3-15)23-13-35(34-33-23)19-6-7-19/h2-5,9-10,12-14,19,22,25,31,33-34H,6-8H2,1H3,(H,30,32)/t14?,22-,25-/m1/s1/i25D. The zero-order valence-corrected chi connectivity index (χ0v) is 19.8. The van der Waals surface area contributed by atoms with Crippen molar-refractivity contribution in [1.82, 2.24) is 21.0 Å². The second-order valence-electron chi connectivity index (χ2n) is 9.40. The van der Waals surface area contributed by atoms with Crippen LogP contribution in [-0.4, -0.2) is 22.1 Å². The van der Waals surface area contributed by atoms with E-state index in [1.54, 1.807) is 18.2 Å². The molecular weight excluding hydrogens is 465 g/mol. The van der Waals surface area contributed by atoms with Crippen LogP contribution in [0.5, 0.6) is 0 Å². The first-order valence-electron chi connectivity index (χ1n) is 12.2. The van der Waals surface area contributed by atoms with Gasteiger partial charge in [0.1, 0.15) is 11.9 Å². The highest BCUT2D eigenvalue weighted by atomic mass is 35.5. The Bertz CT molecular complexity index is 1420. The van der Waals surface area contributed by atoms with Crippen LogP contribution in [0.25, 0.3) is 10.9 Å². The maximum absolute atomic E-state index is 13.7. The first-order valence-corrected chi connectivity index (χ1v) is 12.1. The molecule has 3 aliphatic rings. The fourth-order valence-electron chi connectivity index (χ4n) is 4.34. The van der Waals surface area contributed by atoms with E-state index in [1.807, 2.05) is 17.3 Å². The Kier molecular flexibility index (Phi) is 5.11. The predicted molar refractivity (Wildman–Crippen MR) is 135 cm³/mol. The van der Waals surface area contributed by atoms with Crippen molar-refractivity contribution in [2.45, 2.75) is 44.3 Å². The lowest BCUT2D eigenvalue weighted by Gasteiger charge is -2.22. The highest BCUT2D eigenvalue weighted by Crippen LogP contribution is 2.39. The van der Waals surface area contributed by atoms with Gasteiger partial charge in [0.25, 0.3) is 0 Å². The lowest BCUT2D eigenvalue weighted by atomic mass is 10.0. The number of hydrogen-bond acceptors (Lipinski definition) is 7. The number of rotatable bonds is 7. The molecule has 4 N–H and O–H groups in total. The van der Waals surface area contributed by atoms with Crippen LogP contribution in [-0.2, 0) is 0 Å². The van der Waals surface area contributed by atoms with Crippen molar-refractivity contribution in [1.29, 1.82) is 5.26 Å². The topological polar surface area (TPSA) is 88.0 Å². The minimum absolute atomic E-state index is 0.292. The van der Waals surface area contributed by atoms with E-state index in [0.29, 0.717) is 62.1 Å². The van der Waals surface area contributed by atoms with Gasteiger partial charge in [-0.1, -0.05) is 30.7 Å². The first-order chi connectivity index (χ1) is 17.4. The Balaban J connectivity index is 1.44. The number of nitrogens with zero attached hydrogens (tertiary/aromatic N) is 3. The van der Waals surface area contributed by atoms with Crippen molar-refractivity contribution < 1.29 is 5.76 Å². The Hall–Kier alpha value is -3.54. The van der Waals surface area contributed by atoms with Gasteiger partial charge in [0.05, 0.1) is 34.9 Å². The van der Waals surface area contributed by atoms with Crippen LogP contribution in [0.15, 0.2) is 54.5 Å². The summed E-state index contributed by atoms with van der Waals surface area (Å²) < 4.78 is 23.3. The number of benzene rings is 2. The Morgan fingerprint density at radius 2 is 2.09 bits per heavy atom. The maximum Gasteiger partial charge on any atom is 0.123 e. The molecule has 1 unspecified atom stereocenters. The molecule has 3 atom stereocenters. The highest BCUT2D eigenvalue weighted by Gasteiger charge is 2.34. The van der Waals surface area contributed by atoms with E-state index < -0.39 is 6.02 Å². The van der Waals surface area contributed by atoms with Gasteiger partial charge in [0.15, 0.2) is 0 Å². The van der Waals surface area contributed by atoms with Crippen LogP contribution in [0.2, 0.25) is 5.02 Å². The molecule has 0 spiro atoms. The number of aromatic nitrogens is 1. The number of halogens is 2. The molecular formula is C26H25ClFN7. The fourth-order valence-corrected chi connectivity index (χ4v) is 4.61. The summed E-state index contributed by atoms with van der Waals surface area (Å²) in [6.45, 7) is 2.16. The lowest BCUT2D eigenvalue weighted by Crippen LogP contribution is -2.38. The number of hydrogen-bond donors (Lipinski definition) is 4. The molecule has 2 fully saturated rings. The third kappa shape index (κ3) is 4.33. The Morgan fingerprint density at radius 1 is 1.31 bits per heavy atom. The number of anilines is 2. The minimum Gasteiger partial charge on any atom is -0.380 e. The summed E-state index contributed by atoms with van der Waals surface area (Å²) in [6, 6.07) is 10.9. The number of fused-ring (bicyclic) bond motifs is 1. The van der Waals surface area contributed by atoms with Crippen molar-refractivity contribution in [3.8, 4) is 6.07 Å². The highest BCUT2D eigenvalue weighted by molar-refractivity contribution is 6.35. The molecule has 0 bridgehead atoms. The summed E-state index contributed by atoms with van der Waals surface area (Å²) in [5, 5.41) is 19.6. The third-order valence-corrected chi connectivity index (χ3v) is 6.97. The smallest absolute Gasteiger partial charge is 0.123 e. The second-order valence-corrected chi connectivity index (χ2v) is 9.81. The molecule has 6 rings (SSSR count). The van der Waals surface area contributed by atoms with Gasteiger partial charge in [-0.05, 0) is 55.0 Å². The van der Waals surface area contributed by atoms with Gasteiger partial charge in [0.2, 0.25) is 0 Å². The maximum atomic E-state index is 13.7. The second kappa shape index (κ2) is 8.59. The number of pyridine rings is 1. The van der Waals surface area contributed by atoms with Crippen LogP contribution in [0.4, 0.5) is 15.8 Å². The average molecular weight is 491 g/mol. The number of nitrogens with one attached hydrogen (secondary N) is 4. The summed E-state index contributed by atoms with van der Waals surface area (Å²) in [7, 11) is 0. The molecule has 2 heterocycles. The van der Waals surface area contributed by atoms with E-state index in [1.165, 1.54) is 18.3 Å². The minimum atomic E-state index is -1.49. The molecule has 0 amide bonds. The van der Waals surface area contributed by atoms with E-state index in [0.717, 1.165) is 19.3 Å². The molecule has 1 aliphatic heterocycles. The summed E-state index contributed by atoms with van der Waals surface area (Å²) in [4.78, 5) is 4.43. The van der Waals surface area contributed by atoms with Crippen LogP contribution in [0.1, 0.15) is 44.7 Å². The van der Waals surface area contributed by atoms with Gasteiger partial charge in [0, 0.05) is 35.6 Å². The molecule has 35 heavy (non-hydrogen) atoms. The molecule has 178 valence electrons. The summed E-state index contributed by atoms with van der Waals surface area (Å²) >= 11 is 6.66. The van der Waals surface area contributed by atoms with Gasteiger partial charge < -0.3 is 16.1 Å². The molecule has 0 radical (unpaired) electrons. The van der Waals surface area contributed by atoms with E-state index in [2.05, 4.69) is 39.6 Å². The van der Waals surface area contributed by atoms with Gasteiger partial charge in [-0.2, -0.15) is 5.26 Å². The normalized spacial score (nSPS) is 23.1. The molecule has 7 nitrogen and oxygen atoms in total. The van der Waals surface area contributed by atoms with Crippen LogP contribution in [0.3, 0.4) is 0 Å². The van der Waals surface area contributed by atoms with Crippen molar-refractivity contribution >= 4 is 33.9 Å². The largest absolute Gasteiger partial charge is 0.380 e. The lowest BCUT2D eigenvalue weighted by molar-refractivity contribution is 0.260. The van der Waals surface area contributed by atoms with Gasteiger partial charge >= 0.3 is 0 Å². The molecule has 2 saturated carbocycles. The van der Waals surface area contributed by atoms with E-state index in [9.17, 15) is 11.0 Å². The molecule has 2 aliphatic carbocycles. The van der Waals surface area contributed by atoms with Crippen LogP contribution in [0, 0.1) is 23.1 Å². The molecule has 3 aromatic rings. The van der Waals surface area contributed by atoms with E-state index in [-0.39, 0.29) is 5.82 Å². The quantitative estimate of drug-likeness (QED) is 0.362. The van der Waals surface area contributed by atoms with Gasteiger partial charge in [-0.15, -0.1) is 5.53 Å². The van der Waals surface area contributed by atoms with Crippen molar-refractivity contribution in [3.63, 3.8) is 0 Å². The molecule has 9 heteroatoms. The SMILES string of the molecule is [2H][C@](Nc1cc(Cl)c2ncc(C#N)c(N[C@@H]3CC3C)c2c1)(C1=CN(C2CC2)NN1)c1ccc(F)cc1. The van der Waals surface area contributed by atoms with Gasteiger partial charge in [-0.3, -0.25) is 9.99 Å². The van der Waals surface area contributed by atoms with Crippen LogP contribution < -0.4 is 21.6 Å². The first kappa shape index (κ1) is 20.8. The summed E-state index contributed by atoms with van der Waals surface area (Å²) in [5.74, 6) is 0.152. The zero-order valence-electron chi connectivity index (χ0n) is 20.1. The number of hydrazine groups is 2. The average Bonchev–Trinajstić information content (AvgIpc) is 3.78. The van der Waals surface area contributed by atoms with Crippen molar-refractivity contribution in [2.75, 3.05) is 10.6 Å². The van der Waals surface area contributed by atoms with Gasteiger partial charge in [-0.25, -0.2) is 4.39 Å². The number of nitriles is 1. The third-order valence-electron chi connectivity index (χ3n) is 6.68. The fraction of sp³-hybridized carbons (Fsp3) is 0.308. The van der Waals surface area contributed by atoms with Crippen LogP contribution >= 0.6 is 11.6 Å². The molecule has 0 saturated heterocycles. The monoisotopic (exact) mass is 490 g/mol.